The van der Waals surface area contributed by atoms with Crippen molar-refractivity contribution in [1.29, 1.82) is 0 Å². The molecule has 11 heavy (non-hydrogen) atoms. The predicted molar refractivity (Wildman–Crippen MR) is 49.4 cm³/mol. The van der Waals surface area contributed by atoms with Crippen molar-refractivity contribution in [2.75, 3.05) is 5.73 Å². The highest BCUT2D eigenvalue weighted by Crippen LogP contribution is 2.07. The molecule has 1 aromatic carbocycles. The van der Waals surface area contributed by atoms with E-state index in [1.165, 1.54) is 5.56 Å². The summed E-state index contributed by atoms with van der Waals surface area (Å²) in [6.45, 7) is 2.02. The molecule has 1 heteroatoms. The van der Waals surface area contributed by atoms with Crippen molar-refractivity contribution < 1.29 is 0 Å². The van der Waals surface area contributed by atoms with Gasteiger partial charge in [-0.15, -0.1) is 0 Å². The average Bonchev–Trinajstić information content (AvgIpc) is 2.01. The van der Waals surface area contributed by atoms with Gasteiger partial charge in [-0.3, -0.25) is 0 Å². The van der Waals surface area contributed by atoms with Crippen LogP contribution >= 0.6 is 0 Å². The maximum absolute atomic E-state index is 5.61. The molecule has 0 bridgehead atoms. The van der Waals surface area contributed by atoms with E-state index in [1.54, 1.807) is 0 Å². The summed E-state index contributed by atoms with van der Waals surface area (Å²) in [6, 6.07) is 7.96. The summed E-state index contributed by atoms with van der Waals surface area (Å²) >= 11 is 0. The number of nitrogen functional groups attached to an aromatic ring is 1. The standard InChI is InChI=1S/C10H13N/c1-2-3-5-9-6-4-7-10(11)8-9/h2-4,6-8H,5,11H2,1H3. The van der Waals surface area contributed by atoms with E-state index >= 15 is 0 Å². The van der Waals surface area contributed by atoms with Gasteiger partial charge in [-0.1, -0.05) is 24.3 Å². The lowest BCUT2D eigenvalue weighted by molar-refractivity contribution is 1.26. The normalized spacial score (nSPS) is 10.6. The van der Waals surface area contributed by atoms with Crippen LogP contribution in [0.2, 0.25) is 0 Å². The smallest absolute Gasteiger partial charge is 0.0316 e. The molecule has 0 aliphatic carbocycles. The summed E-state index contributed by atoms with van der Waals surface area (Å²) in [5.41, 5.74) is 7.71. The number of hydrogen-bond acceptors (Lipinski definition) is 1. The van der Waals surface area contributed by atoms with Gasteiger partial charge in [0.05, 0.1) is 0 Å². The van der Waals surface area contributed by atoms with Crippen LogP contribution in [0.3, 0.4) is 0 Å². The molecule has 0 atom stereocenters. The van der Waals surface area contributed by atoms with Crippen molar-refractivity contribution in [3.05, 3.63) is 42.0 Å². The zero-order valence-corrected chi connectivity index (χ0v) is 6.75. The van der Waals surface area contributed by atoms with Crippen molar-refractivity contribution in [2.45, 2.75) is 13.3 Å². The molecule has 0 amide bonds. The molecule has 0 aromatic heterocycles. The summed E-state index contributed by atoms with van der Waals surface area (Å²) in [6.07, 6.45) is 5.14. The van der Waals surface area contributed by atoms with E-state index in [4.69, 9.17) is 5.73 Å². The number of benzene rings is 1. The van der Waals surface area contributed by atoms with Crippen molar-refractivity contribution >= 4 is 5.69 Å². The van der Waals surface area contributed by atoms with Gasteiger partial charge in [-0.2, -0.15) is 0 Å². The third-order valence-electron chi connectivity index (χ3n) is 1.54. The van der Waals surface area contributed by atoms with Crippen molar-refractivity contribution in [2.24, 2.45) is 0 Å². The van der Waals surface area contributed by atoms with Crippen LogP contribution in [0.25, 0.3) is 0 Å². The second-order valence-electron chi connectivity index (χ2n) is 2.52. The fraction of sp³-hybridized carbons (Fsp3) is 0.200. The SMILES string of the molecule is CC=CCc1cccc(N)c1. The first kappa shape index (κ1) is 7.86. The Balaban J connectivity index is 2.71. The number of hydrogen-bond donors (Lipinski definition) is 1. The molecule has 0 aliphatic heterocycles. The highest BCUT2D eigenvalue weighted by molar-refractivity contribution is 5.41. The van der Waals surface area contributed by atoms with Crippen LogP contribution in [0, 0.1) is 0 Å². The Kier molecular flexibility index (Phi) is 2.73. The number of allylic oxidation sites excluding steroid dienone is 2. The van der Waals surface area contributed by atoms with Gasteiger partial charge >= 0.3 is 0 Å². The van der Waals surface area contributed by atoms with E-state index in [2.05, 4.69) is 12.1 Å². The van der Waals surface area contributed by atoms with Crippen molar-refractivity contribution in [3.8, 4) is 0 Å². The Hall–Kier alpha value is -1.24. The van der Waals surface area contributed by atoms with E-state index in [-0.39, 0.29) is 0 Å². The van der Waals surface area contributed by atoms with Crippen LogP contribution in [-0.4, -0.2) is 0 Å². The third kappa shape index (κ3) is 2.46. The highest BCUT2D eigenvalue weighted by atomic mass is 14.5. The Morgan fingerprint density at radius 2 is 2.27 bits per heavy atom. The van der Waals surface area contributed by atoms with Crippen LogP contribution in [0.1, 0.15) is 12.5 Å². The predicted octanol–water partition coefficient (Wildman–Crippen LogP) is 2.39. The van der Waals surface area contributed by atoms with Crippen LogP contribution in [0.4, 0.5) is 5.69 Å². The molecule has 0 radical (unpaired) electrons. The van der Waals surface area contributed by atoms with Gasteiger partial charge in [-0.05, 0) is 31.0 Å². The zero-order valence-electron chi connectivity index (χ0n) is 6.75. The van der Waals surface area contributed by atoms with E-state index < -0.39 is 0 Å². The molecule has 1 aromatic rings. The molecule has 0 aliphatic rings. The van der Waals surface area contributed by atoms with Crippen molar-refractivity contribution in [1.82, 2.24) is 0 Å². The Labute approximate surface area is 67.5 Å². The van der Waals surface area contributed by atoms with Crippen LogP contribution in [0.5, 0.6) is 0 Å². The maximum Gasteiger partial charge on any atom is 0.0316 e. The van der Waals surface area contributed by atoms with E-state index in [1.807, 2.05) is 31.2 Å². The fourth-order valence-electron chi connectivity index (χ4n) is 0.974. The molecule has 1 rings (SSSR count). The third-order valence-corrected chi connectivity index (χ3v) is 1.54. The molecule has 1 nitrogen and oxygen atoms in total. The van der Waals surface area contributed by atoms with E-state index in [0.29, 0.717) is 0 Å². The molecule has 58 valence electrons. The highest BCUT2D eigenvalue weighted by Gasteiger charge is 1.88. The number of anilines is 1. The van der Waals surface area contributed by atoms with Gasteiger partial charge in [0.1, 0.15) is 0 Å². The Morgan fingerprint density at radius 1 is 1.45 bits per heavy atom. The molecule has 0 unspecified atom stereocenters. The van der Waals surface area contributed by atoms with E-state index in [0.717, 1.165) is 12.1 Å². The Morgan fingerprint density at radius 3 is 2.91 bits per heavy atom. The van der Waals surface area contributed by atoms with Crippen LogP contribution in [-0.2, 0) is 6.42 Å². The molecular formula is C10H13N. The minimum atomic E-state index is 0.840. The number of nitrogens with two attached hydrogens (primary N) is 1. The van der Waals surface area contributed by atoms with Gasteiger partial charge in [0.25, 0.3) is 0 Å². The lowest BCUT2D eigenvalue weighted by atomic mass is 10.1. The first-order chi connectivity index (χ1) is 5.33. The topological polar surface area (TPSA) is 26.0 Å². The molecule has 0 saturated heterocycles. The van der Waals surface area contributed by atoms with Gasteiger partial charge in [0.15, 0.2) is 0 Å². The second-order valence-corrected chi connectivity index (χ2v) is 2.52. The molecule has 0 heterocycles. The maximum atomic E-state index is 5.61. The van der Waals surface area contributed by atoms with Gasteiger partial charge < -0.3 is 5.73 Å². The van der Waals surface area contributed by atoms with Crippen LogP contribution < -0.4 is 5.73 Å². The molecular weight excluding hydrogens is 134 g/mol. The molecule has 0 saturated carbocycles. The van der Waals surface area contributed by atoms with Crippen LogP contribution in [0.15, 0.2) is 36.4 Å². The first-order valence-electron chi connectivity index (χ1n) is 3.78. The number of rotatable bonds is 2. The van der Waals surface area contributed by atoms with Gasteiger partial charge in [-0.25, -0.2) is 0 Å². The molecule has 2 N–H and O–H groups in total. The quantitative estimate of drug-likeness (QED) is 0.504. The summed E-state index contributed by atoms with van der Waals surface area (Å²) < 4.78 is 0. The molecule has 0 spiro atoms. The van der Waals surface area contributed by atoms with Gasteiger partial charge in [0.2, 0.25) is 0 Å². The van der Waals surface area contributed by atoms with Gasteiger partial charge in [0, 0.05) is 5.69 Å². The van der Waals surface area contributed by atoms with E-state index in [9.17, 15) is 0 Å². The van der Waals surface area contributed by atoms with Crippen molar-refractivity contribution in [3.63, 3.8) is 0 Å². The summed E-state index contributed by atoms with van der Waals surface area (Å²) in [5, 5.41) is 0. The lowest BCUT2D eigenvalue weighted by Crippen LogP contribution is -1.86. The Bertz CT molecular complexity index is 251. The summed E-state index contributed by atoms with van der Waals surface area (Å²) in [7, 11) is 0. The second kappa shape index (κ2) is 3.81. The summed E-state index contributed by atoms with van der Waals surface area (Å²) in [5.74, 6) is 0. The summed E-state index contributed by atoms with van der Waals surface area (Å²) in [4.78, 5) is 0. The average molecular weight is 147 g/mol. The molecule has 0 fully saturated rings. The monoisotopic (exact) mass is 147 g/mol. The minimum Gasteiger partial charge on any atom is -0.399 e. The minimum absolute atomic E-state index is 0.840. The fourth-order valence-corrected chi connectivity index (χ4v) is 0.974. The zero-order chi connectivity index (χ0) is 8.10. The first-order valence-corrected chi connectivity index (χ1v) is 3.78. The largest absolute Gasteiger partial charge is 0.399 e. The lowest BCUT2D eigenvalue weighted by Gasteiger charge is -1.96.